The van der Waals surface area contributed by atoms with Crippen LogP contribution in [0.3, 0.4) is 0 Å². The number of fused-ring (bicyclic) bond motifs is 1. The van der Waals surface area contributed by atoms with E-state index < -0.39 is 80.6 Å². The maximum atomic E-state index is 16.0. The first-order valence-corrected chi connectivity index (χ1v) is 20.8. The van der Waals surface area contributed by atoms with Crippen molar-refractivity contribution >= 4 is 33.3 Å². The van der Waals surface area contributed by atoms with Gasteiger partial charge in [0.25, 0.3) is 0 Å². The molecule has 4 rings (SSSR count). The van der Waals surface area contributed by atoms with Crippen LogP contribution >= 0.6 is 0 Å². The molecule has 13 heteroatoms. The van der Waals surface area contributed by atoms with Gasteiger partial charge in [0.1, 0.15) is 11.6 Å². The monoisotopic (exact) mass is 763 g/mol. The number of rotatable bonds is 16. The molecule has 294 valence electrons. The van der Waals surface area contributed by atoms with Gasteiger partial charge in [0.2, 0.25) is 17.7 Å². The van der Waals surface area contributed by atoms with E-state index in [2.05, 4.69) is 5.32 Å². The lowest BCUT2D eigenvalue weighted by atomic mass is 9.65. The molecule has 54 heavy (non-hydrogen) atoms. The molecule has 0 radical (unpaired) electrons. The molecule has 3 amide bonds. The molecule has 2 aromatic carbocycles. The van der Waals surface area contributed by atoms with Gasteiger partial charge < -0.3 is 21.9 Å². The zero-order valence-electron chi connectivity index (χ0n) is 32.2. The van der Waals surface area contributed by atoms with Gasteiger partial charge >= 0.3 is 0 Å². The van der Waals surface area contributed by atoms with Crippen LogP contribution in [-0.4, -0.2) is 78.0 Å². The first-order chi connectivity index (χ1) is 25.4. The number of hydrogen-bond donors (Lipinski definition) is 4. The van der Waals surface area contributed by atoms with Crippen molar-refractivity contribution in [2.45, 2.75) is 121 Å². The number of ketones is 1. The number of carbonyl (C=O) groups excluding carboxylic acids is 4. The maximum Gasteiger partial charge on any atom is 0.247 e. The number of nitriles is 1. The van der Waals surface area contributed by atoms with Crippen molar-refractivity contribution in [3.8, 4) is 6.07 Å². The fourth-order valence-electron chi connectivity index (χ4n) is 8.44. The van der Waals surface area contributed by atoms with Gasteiger partial charge in [-0.3, -0.25) is 24.1 Å². The van der Waals surface area contributed by atoms with E-state index in [0.717, 1.165) is 43.9 Å². The number of aliphatic hydroxyl groups is 1. The Morgan fingerprint density at radius 2 is 1.65 bits per heavy atom. The van der Waals surface area contributed by atoms with E-state index in [1.807, 2.05) is 26.0 Å². The molecule has 2 unspecified atom stereocenters. The van der Waals surface area contributed by atoms with E-state index in [1.165, 1.54) is 18.2 Å². The summed E-state index contributed by atoms with van der Waals surface area (Å²) in [5.74, 6) is -6.73. The predicted molar refractivity (Wildman–Crippen MR) is 205 cm³/mol. The molecule has 1 fully saturated rings. The van der Waals surface area contributed by atoms with Crippen LogP contribution in [0.1, 0.15) is 102 Å². The summed E-state index contributed by atoms with van der Waals surface area (Å²) in [6.45, 7) is 8.84. The SMILES string of the molecule is CC(=O)N(C(=O)[C@@H](N)Cc1ccccc1)[C@](CC(C)C)(C(=O)[C@@H](CC1CCCCC1)C(O)C(N)C(=O)NCC(C)C)[C@H]1CS(=O)(=O)c2cc(C#N)ccc21. The number of nitrogens with zero attached hydrogens (tertiary/aromatic N) is 2. The number of sulfone groups is 1. The molecule has 0 aromatic heterocycles. The van der Waals surface area contributed by atoms with Crippen molar-refractivity contribution in [1.82, 2.24) is 10.2 Å². The van der Waals surface area contributed by atoms with Gasteiger partial charge in [0.15, 0.2) is 15.6 Å². The van der Waals surface area contributed by atoms with E-state index in [1.54, 1.807) is 38.1 Å². The Balaban J connectivity index is 2.00. The van der Waals surface area contributed by atoms with Crippen LogP contribution in [0.4, 0.5) is 0 Å². The molecule has 6 N–H and O–H groups in total. The molecule has 1 aliphatic heterocycles. The third kappa shape index (κ3) is 9.45. The average Bonchev–Trinajstić information content (AvgIpc) is 3.41. The van der Waals surface area contributed by atoms with Crippen LogP contribution in [0.15, 0.2) is 53.4 Å². The Labute approximate surface area is 320 Å². The number of aliphatic hydroxyl groups excluding tert-OH is 1. The third-order valence-electron chi connectivity index (χ3n) is 10.9. The second-order valence-corrected chi connectivity index (χ2v) is 18.1. The molecule has 12 nitrogen and oxygen atoms in total. The highest BCUT2D eigenvalue weighted by Gasteiger charge is 2.61. The van der Waals surface area contributed by atoms with Gasteiger partial charge in [0, 0.05) is 25.3 Å². The zero-order chi connectivity index (χ0) is 40.0. The molecule has 2 aliphatic rings. The van der Waals surface area contributed by atoms with Crippen molar-refractivity contribution in [2.75, 3.05) is 12.3 Å². The molecule has 1 heterocycles. The summed E-state index contributed by atoms with van der Waals surface area (Å²) in [5.41, 5.74) is 11.9. The van der Waals surface area contributed by atoms with E-state index >= 15 is 4.79 Å². The Bertz CT molecular complexity index is 1820. The lowest BCUT2D eigenvalue weighted by molar-refractivity contribution is -0.164. The Kier molecular flexibility index (Phi) is 14.4. The molecule has 0 saturated heterocycles. The minimum Gasteiger partial charge on any atom is -0.390 e. The smallest absolute Gasteiger partial charge is 0.247 e. The quantitative estimate of drug-likeness (QED) is 0.194. The second kappa shape index (κ2) is 18.1. The van der Waals surface area contributed by atoms with Gasteiger partial charge in [-0.1, -0.05) is 96.2 Å². The number of hydrogen-bond acceptors (Lipinski definition) is 10. The van der Waals surface area contributed by atoms with Gasteiger partial charge in [-0.2, -0.15) is 5.26 Å². The van der Waals surface area contributed by atoms with Crippen molar-refractivity contribution in [2.24, 2.45) is 35.1 Å². The van der Waals surface area contributed by atoms with Gasteiger partial charge in [0.05, 0.1) is 34.4 Å². The molecule has 1 aliphatic carbocycles. The molecule has 6 atom stereocenters. The number of imide groups is 1. The topological polar surface area (TPSA) is 214 Å². The van der Waals surface area contributed by atoms with Crippen LogP contribution in [-0.2, 0) is 35.4 Å². The molecule has 0 bridgehead atoms. The minimum absolute atomic E-state index is 0.0233. The van der Waals surface area contributed by atoms with E-state index in [9.17, 15) is 33.2 Å². The minimum atomic E-state index is -4.15. The second-order valence-electron chi connectivity index (χ2n) is 16.1. The lowest BCUT2D eigenvalue weighted by Gasteiger charge is -2.49. The first-order valence-electron chi connectivity index (χ1n) is 19.1. The summed E-state index contributed by atoms with van der Waals surface area (Å²) >= 11 is 0. The van der Waals surface area contributed by atoms with Crippen LogP contribution in [0.2, 0.25) is 0 Å². The van der Waals surface area contributed by atoms with E-state index in [4.69, 9.17) is 11.5 Å². The number of benzene rings is 2. The number of nitrogens with one attached hydrogen (secondary N) is 1. The van der Waals surface area contributed by atoms with Crippen LogP contribution in [0.25, 0.3) is 0 Å². The van der Waals surface area contributed by atoms with E-state index in [-0.39, 0.29) is 53.7 Å². The number of carbonyl (C=O) groups is 4. The lowest BCUT2D eigenvalue weighted by Crippen LogP contribution is -2.68. The highest BCUT2D eigenvalue weighted by Crippen LogP contribution is 2.50. The zero-order valence-corrected chi connectivity index (χ0v) is 33.0. The first kappa shape index (κ1) is 42.8. The van der Waals surface area contributed by atoms with Gasteiger partial charge in [-0.05, 0) is 60.3 Å². The summed E-state index contributed by atoms with van der Waals surface area (Å²) in [6, 6.07) is 12.2. The fraction of sp³-hybridized carbons (Fsp3) is 0.585. The van der Waals surface area contributed by atoms with Crippen LogP contribution < -0.4 is 16.8 Å². The summed E-state index contributed by atoms with van der Waals surface area (Å²) < 4.78 is 28.0. The molecular formula is C41H57N5O7S. The molecule has 2 aromatic rings. The van der Waals surface area contributed by atoms with E-state index in [0.29, 0.717) is 5.56 Å². The van der Waals surface area contributed by atoms with Crippen molar-refractivity contribution in [3.05, 3.63) is 65.2 Å². The number of amides is 3. The normalized spacial score (nSPS) is 20.2. The van der Waals surface area contributed by atoms with Crippen LogP contribution in [0.5, 0.6) is 0 Å². The fourth-order valence-corrected chi connectivity index (χ4v) is 10.4. The number of nitrogens with two attached hydrogens (primary N) is 2. The summed E-state index contributed by atoms with van der Waals surface area (Å²) in [5, 5.41) is 24.5. The van der Waals surface area contributed by atoms with Crippen LogP contribution in [0, 0.1) is 35.0 Å². The third-order valence-corrected chi connectivity index (χ3v) is 12.7. The Morgan fingerprint density at radius 3 is 2.22 bits per heavy atom. The number of Topliss-reactive ketones (excluding diaryl/α,β-unsaturated/α-hetero) is 1. The Morgan fingerprint density at radius 1 is 1.00 bits per heavy atom. The highest BCUT2D eigenvalue weighted by atomic mass is 32.2. The molecule has 0 spiro atoms. The highest BCUT2D eigenvalue weighted by molar-refractivity contribution is 7.91. The standard InChI is InChI=1S/C41H57N5O7S/c1-25(2)21-41(33-24-54(52,53)35-20-30(22-42)16-17-31(33)35,46(27(5)47)40(51)34(43)19-29-14-10-7-11-15-29)38(49)32(18-28-12-8-6-9-13-28)37(48)36(44)39(50)45-23-26(3)4/h7,10-11,14-17,20,25-26,28,32-34,36-37,48H,6,8-9,12-13,18-19,21,23-24,43-44H2,1-5H3,(H,45,50)/t32-,33-,34-,36?,37?,41-/m0/s1. The Hall–Kier alpha value is -3.96. The summed E-state index contributed by atoms with van der Waals surface area (Å²) in [6.07, 6.45) is 2.57. The molecule has 1 saturated carbocycles. The van der Waals surface area contributed by atoms with Gasteiger partial charge in [-0.15, -0.1) is 0 Å². The van der Waals surface area contributed by atoms with Gasteiger partial charge in [-0.25, -0.2) is 8.42 Å². The average molecular weight is 764 g/mol. The summed E-state index contributed by atoms with van der Waals surface area (Å²) in [7, 11) is -4.15. The maximum absolute atomic E-state index is 16.0. The predicted octanol–water partition coefficient (Wildman–Crippen LogP) is 3.78. The largest absolute Gasteiger partial charge is 0.390 e. The summed E-state index contributed by atoms with van der Waals surface area (Å²) in [4.78, 5) is 59.0. The van der Waals surface area contributed by atoms with Crippen molar-refractivity contribution in [1.29, 1.82) is 5.26 Å². The molecular weight excluding hydrogens is 707 g/mol. The van der Waals surface area contributed by atoms with Crippen molar-refractivity contribution < 1.29 is 32.7 Å². The van der Waals surface area contributed by atoms with Crippen molar-refractivity contribution in [3.63, 3.8) is 0 Å².